The Morgan fingerprint density at radius 3 is 2.42 bits per heavy atom. The van der Waals surface area contributed by atoms with Gasteiger partial charge in [-0.05, 0) is 39.0 Å². The number of benzene rings is 1. The number of nitrogens with two attached hydrogens (primary N) is 1. The van der Waals surface area contributed by atoms with Gasteiger partial charge in [-0.3, -0.25) is 4.79 Å². The fourth-order valence-corrected chi connectivity index (χ4v) is 2.68. The molecule has 0 radical (unpaired) electrons. The van der Waals surface area contributed by atoms with E-state index in [-0.39, 0.29) is 5.69 Å². The van der Waals surface area contributed by atoms with Gasteiger partial charge in [-0.25, -0.2) is 12.8 Å². The number of carbonyl (C=O) groups is 1. The average molecular weight is 288 g/mol. The third kappa shape index (κ3) is 4.51. The maximum atomic E-state index is 13.5. The SMILES string of the molecule is CC(C)(C)NC(=O)CS(=O)(=O)c1ccc(N)cc1F. The number of hydrogen-bond donors (Lipinski definition) is 2. The normalized spacial score (nSPS) is 12.2. The quantitative estimate of drug-likeness (QED) is 0.815. The van der Waals surface area contributed by atoms with Gasteiger partial charge in [0.05, 0.1) is 0 Å². The fraction of sp³-hybridized carbons (Fsp3) is 0.417. The van der Waals surface area contributed by atoms with Crippen molar-refractivity contribution in [1.82, 2.24) is 5.32 Å². The summed E-state index contributed by atoms with van der Waals surface area (Å²) in [6.45, 7) is 5.17. The highest BCUT2D eigenvalue weighted by atomic mass is 32.2. The summed E-state index contributed by atoms with van der Waals surface area (Å²) in [5.41, 5.74) is 4.91. The molecule has 0 aromatic heterocycles. The minimum atomic E-state index is -4.02. The molecule has 5 nitrogen and oxygen atoms in total. The van der Waals surface area contributed by atoms with Gasteiger partial charge in [-0.1, -0.05) is 0 Å². The molecule has 0 aliphatic carbocycles. The molecule has 0 fully saturated rings. The summed E-state index contributed by atoms with van der Waals surface area (Å²) in [7, 11) is -4.02. The first-order valence-electron chi connectivity index (χ1n) is 5.60. The number of sulfone groups is 1. The monoisotopic (exact) mass is 288 g/mol. The van der Waals surface area contributed by atoms with E-state index in [0.29, 0.717) is 0 Å². The molecule has 7 heteroatoms. The summed E-state index contributed by atoms with van der Waals surface area (Å²) in [4.78, 5) is 11.1. The van der Waals surface area contributed by atoms with Crippen LogP contribution in [0.3, 0.4) is 0 Å². The van der Waals surface area contributed by atoms with Crippen LogP contribution in [0, 0.1) is 5.82 Å². The van der Waals surface area contributed by atoms with E-state index in [2.05, 4.69) is 5.32 Å². The largest absolute Gasteiger partial charge is 0.399 e. The van der Waals surface area contributed by atoms with Crippen LogP contribution in [-0.4, -0.2) is 25.6 Å². The molecular formula is C12H17FN2O3S. The molecule has 1 amide bonds. The Hall–Kier alpha value is -1.63. The molecule has 0 unspecified atom stereocenters. The van der Waals surface area contributed by atoms with Crippen molar-refractivity contribution >= 4 is 21.4 Å². The molecule has 0 saturated carbocycles. The van der Waals surface area contributed by atoms with Crippen molar-refractivity contribution in [2.45, 2.75) is 31.2 Å². The molecule has 0 atom stereocenters. The first kappa shape index (κ1) is 15.4. The van der Waals surface area contributed by atoms with Crippen LogP contribution in [0.2, 0.25) is 0 Å². The van der Waals surface area contributed by atoms with Crippen molar-refractivity contribution in [1.29, 1.82) is 0 Å². The van der Waals surface area contributed by atoms with E-state index in [1.807, 2.05) is 0 Å². The summed E-state index contributed by atoms with van der Waals surface area (Å²) in [6, 6.07) is 3.25. The number of halogens is 1. The number of amides is 1. The predicted molar refractivity (Wildman–Crippen MR) is 70.8 cm³/mol. The minimum absolute atomic E-state index is 0.121. The molecule has 19 heavy (non-hydrogen) atoms. The van der Waals surface area contributed by atoms with E-state index in [4.69, 9.17) is 5.73 Å². The van der Waals surface area contributed by atoms with Crippen LogP contribution < -0.4 is 11.1 Å². The summed E-state index contributed by atoms with van der Waals surface area (Å²) < 4.78 is 37.4. The molecule has 1 rings (SSSR count). The predicted octanol–water partition coefficient (Wildman–Crippen LogP) is 1.10. The highest BCUT2D eigenvalue weighted by molar-refractivity contribution is 7.92. The van der Waals surface area contributed by atoms with E-state index in [1.54, 1.807) is 20.8 Å². The number of carbonyl (C=O) groups excluding carboxylic acids is 1. The van der Waals surface area contributed by atoms with E-state index in [9.17, 15) is 17.6 Å². The molecule has 3 N–H and O–H groups in total. The second-order valence-corrected chi connectivity index (χ2v) is 7.21. The van der Waals surface area contributed by atoms with Gasteiger partial charge >= 0.3 is 0 Å². The zero-order chi connectivity index (χ0) is 14.8. The molecule has 0 saturated heterocycles. The van der Waals surface area contributed by atoms with Crippen LogP contribution in [0.25, 0.3) is 0 Å². The highest BCUT2D eigenvalue weighted by Crippen LogP contribution is 2.18. The van der Waals surface area contributed by atoms with Crippen LogP contribution in [0.1, 0.15) is 20.8 Å². The maximum Gasteiger partial charge on any atom is 0.235 e. The minimum Gasteiger partial charge on any atom is -0.399 e. The van der Waals surface area contributed by atoms with E-state index in [1.165, 1.54) is 6.07 Å². The molecule has 0 aliphatic rings. The molecule has 0 spiro atoms. The summed E-state index contributed by atoms with van der Waals surface area (Å²) >= 11 is 0. The van der Waals surface area contributed by atoms with Crippen molar-refractivity contribution in [3.05, 3.63) is 24.0 Å². The van der Waals surface area contributed by atoms with E-state index in [0.717, 1.165) is 12.1 Å². The van der Waals surface area contributed by atoms with Crippen LogP contribution in [0.15, 0.2) is 23.1 Å². The van der Waals surface area contributed by atoms with Crippen LogP contribution in [0.5, 0.6) is 0 Å². The van der Waals surface area contributed by atoms with Crippen LogP contribution >= 0.6 is 0 Å². The highest BCUT2D eigenvalue weighted by Gasteiger charge is 2.25. The Bertz CT molecular complexity index is 591. The van der Waals surface area contributed by atoms with Gasteiger partial charge in [0.25, 0.3) is 0 Å². The van der Waals surface area contributed by atoms with Gasteiger partial charge in [0.2, 0.25) is 5.91 Å². The number of nitrogens with one attached hydrogen (secondary N) is 1. The Morgan fingerprint density at radius 1 is 1.37 bits per heavy atom. The third-order valence-electron chi connectivity index (χ3n) is 2.13. The molecule has 1 aromatic rings. The summed E-state index contributed by atoms with van der Waals surface area (Å²) in [5.74, 6) is -2.43. The van der Waals surface area contributed by atoms with Crippen molar-refractivity contribution in [2.24, 2.45) is 0 Å². The van der Waals surface area contributed by atoms with Crippen molar-refractivity contribution in [3.63, 3.8) is 0 Å². The summed E-state index contributed by atoms with van der Waals surface area (Å²) in [6.07, 6.45) is 0. The van der Waals surface area contributed by atoms with E-state index >= 15 is 0 Å². The zero-order valence-corrected chi connectivity index (χ0v) is 11.8. The molecule has 0 bridgehead atoms. The second-order valence-electron chi connectivity index (χ2n) is 5.25. The second kappa shape index (κ2) is 5.16. The molecule has 0 heterocycles. The lowest BCUT2D eigenvalue weighted by atomic mass is 10.1. The zero-order valence-electron chi connectivity index (χ0n) is 11.0. The van der Waals surface area contributed by atoms with E-state index < -0.39 is 37.7 Å². The molecule has 1 aromatic carbocycles. The van der Waals surface area contributed by atoms with Gasteiger partial charge in [0, 0.05) is 11.2 Å². The lowest BCUT2D eigenvalue weighted by molar-refractivity contribution is -0.120. The lowest BCUT2D eigenvalue weighted by Gasteiger charge is -2.20. The average Bonchev–Trinajstić information content (AvgIpc) is 2.11. The van der Waals surface area contributed by atoms with Crippen molar-refractivity contribution in [2.75, 3.05) is 11.5 Å². The number of nitrogen functional groups attached to an aromatic ring is 1. The Labute approximate surface area is 111 Å². The molecule has 0 aliphatic heterocycles. The van der Waals surface area contributed by atoms with Gasteiger partial charge in [0.1, 0.15) is 16.5 Å². The third-order valence-corrected chi connectivity index (χ3v) is 3.77. The number of rotatable bonds is 3. The topological polar surface area (TPSA) is 89.3 Å². The Balaban J connectivity index is 2.96. The van der Waals surface area contributed by atoms with Crippen LogP contribution in [-0.2, 0) is 14.6 Å². The molecule has 106 valence electrons. The van der Waals surface area contributed by atoms with Gasteiger partial charge in [0.15, 0.2) is 9.84 Å². The van der Waals surface area contributed by atoms with Gasteiger partial charge in [-0.15, -0.1) is 0 Å². The van der Waals surface area contributed by atoms with Crippen LogP contribution in [0.4, 0.5) is 10.1 Å². The number of anilines is 1. The standard InChI is InChI=1S/C12H17FN2O3S/c1-12(2,3)15-11(16)7-19(17,18)10-5-4-8(14)6-9(10)13/h4-6H,7,14H2,1-3H3,(H,15,16). The van der Waals surface area contributed by atoms with Crippen molar-refractivity contribution in [3.8, 4) is 0 Å². The van der Waals surface area contributed by atoms with Crippen molar-refractivity contribution < 1.29 is 17.6 Å². The summed E-state index contributed by atoms with van der Waals surface area (Å²) in [5, 5.41) is 2.51. The fourth-order valence-electron chi connectivity index (χ4n) is 1.47. The Kier molecular flexibility index (Phi) is 4.19. The maximum absolute atomic E-state index is 13.5. The van der Waals surface area contributed by atoms with Gasteiger partial charge < -0.3 is 11.1 Å². The Morgan fingerprint density at radius 2 is 1.95 bits per heavy atom. The first-order chi connectivity index (χ1) is 8.51. The number of hydrogen-bond acceptors (Lipinski definition) is 4. The van der Waals surface area contributed by atoms with Gasteiger partial charge in [-0.2, -0.15) is 0 Å². The smallest absolute Gasteiger partial charge is 0.235 e. The molecular weight excluding hydrogens is 271 g/mol. The first-order valence-corrected chi connectivity index (χ1v) is 7.25. The lowest BCUT2D eigenvalue weighted by Crippen LogP contribution is -2.43.